The molecule has 160 valence electrons. The number of fused-ring (bicyclic) bond motifs is 1. The SMILES string of the molecule is CC(=O)OCC1=C(C(=O)[O-])N2C(=O)[C@](NC(=O)Cc3cccs3)(OC(C)=O)[C@H]2SC1.[Na+]. The van der Waals surface area contributed by atoms with Gasteiger partial charge in [0.15, 0.2) is 5.37 Å². The molecule has 0 saturated carbocycles. The van der Waals surface area contributed by atoms with Gasteiger partial charge in [-0.1, -0.05) is 6.07 Å². The van der Waals surface area contributed by atoms with Gasteiger partial charge in [-0.3, -0.25) is 24.1 Å². The second-order valence-electron chi connectivity index (χ2n) is 6.49. The number of ether oxygens (including phenoxy) is 2. The monoisotopic (exact) mass is 476 g/mol. The van der Waals surface area contributed by atoms with Gasteiger partial charge in [0, 0.05) is 30.1 Å². The van der Waals surface area contributed by atoms with Crippen LogP contribution >= 0.6 is 23.1 Å². The maximum atomic E-state index is 13.0. The maximum Gasteiger partial charge on any atom is 1.00 e. The summed E-state index contributed by atoms with van der Waals surface area (Å²) in [6.45, 7) is 1.92. The fraction of sp³-hybridized carbons (Fsp3) is 0.389. The van der Waals surface area contributed by atoms with Crippen molar-refractivity contribution in [1.82, 2.24) is 10.2 Å². The van der Waals surface area contributed by atoms with Crippen LogP contribution in [-0.4, -0.2) is 58.1 Å². The average molecular weight is 476 g/mol. The number of nitrogens with one attached hydrogen (secondary N) is 1. The smallest absolute Gasteiger partial charge is 0.543 e. The summed E-state index contributed by atoms with van der Waals surface area (Å²) in [6, 6.07) is 3.51. The minimum atomic E-state index is -2.03. The van der Waals surface area contributed by atoms with Crippen molar-refractivity contribution in [2.75, 3.05) is 12.4 Å². The second kappa shape index (κ2) is 10.2. The first-order valence-electron chi connectivity index (χ1n) is 8.70. The summed E-state index contributed by atoms with van der Waals surface area (Å²) in [7, 11) is 0. The van der Waals surface area contributed by atoms with Crippen LogP contribution in [0.3, 0.4) is 0 Å². The number of aliphatic carboxylic acids is 1. The zero-order valence-corrected chi connectivity index (χ0v) is 20.6. The van der Waals surface area contributed by atoms with E-state index in [0.29, 0.717) is 0 Å². The van der Waals surface area contributed by atoms with Crippen LogP contribution in [0.5, 0.6) is 0 Å². The molecule has 31 heavy (non-hydrogen) atoms. The van der Waals surface area contributed by atoms with Gasteiger partial charge in [-0.15, -0.1) is 23.1 Å². The summed E-state index contributed by atoms with van der Waals surface area (Å²) in [5.41, 5.74) is -2.32. The van der Waals surface area contributed by atoms with Gasteiger partial charge in [-0.2, -0.15) is 0 Å². The number of carbonyl (C=O) groups excluding carboxylic acids is 5. The number of rotatable bonds is 7. The molecule has 0 bridgehead atoms. The number of hydrogen-bond donors (Lipinski definition) is 1. The van der Waals surface area contributed by atoms with Crippen molar-refractivity contribution < 1.29 is 68.1 Å². The standard InChI is InChI=1S/C18H18N2O8S2.Na/c1-9(21)27-7-11-8-30-17-18(28-10(2)22,16(26)20(17)14(11)15(24)25)19-13(23)6-12-4-3-5-29-12;/h3-5,17H,6-8H2,1-2H3,(H,19,23)(H,24,25);/q;+1/p-1/t17-,18+;/m1./s1. The van der Waals surface area contributed by atoms with E-state index in [9.17, 15) is 29.1 Å². The van der Waals surface area contributed by atoms with Crippen molar-refractivity contribution in [2.24, 2.45) is 0 Å². The van der Waals surface area contributed by atoms with Crippen LogP contribution in [0.1, 0.15) is 18.7 Å². The van der Waals surface area contributed by atoms with E-state index in [1.54, 1.807) is 17.5 Å². The molecule has 0 radical (unpaired) electrons. The minimum absolute atomic E-state index is 0. The van der Waals surface area contributed by atoms with E-state index >= 15 is 0 Å². The summed E-state index contributed by atoms with van der Waals surface area (Å²) in [4.78, 5) is 61.6. The third kappa shape index (κ3) is 5.14. The average Bonchev–Trinajstić information content (AvgIpc) is 3.16. The fourth-order valence-electron chi connectivity index (χ4n) is 3.16. The molecule has 3 heterocycles. The molecule has 1 aromatic rings. The molecular formula is C18H17N2NaO8S2. The van der Waals surface area contributed by atoms with Crippen LogP contribution < -0.4 is 40.0 Å². The Kier molecular flexibility index (Phi) is 8.34. The third-order valence-electron chi connectivity index (χ3n) is 4.30. The Morgan fingerprint density at radius 1 is 1.29 bits per heavy atom. The van der Waals surface area contributed by atoms with E-state index in [4.69, 9.17) is 9.47 Å². The normalized spacial score (nSPS) is 21.9. The van der Waals surface area contributed by atoms with Crippen molar-refractivity contribution in [3.63, 3.8) is 0 Å². The molecule has 3 rings (SSSR count). The van der Waals surface area contributed by atoms with Crippen molar-refractivity contribution in [3.05, 3.63) is 33.7 Å². The van der Waals surface area contributed by atoms with Crippen LogP contribution in [0.15, 0.2) is 28.8 Å². The number of carbonyl (C=O) groups is 5. The van der Waals surface area contributed by atoms with Gasteiger partial charge in [-0.05, 0) is 11.4 Å². The first-order chi connectivity index (χ1) is 14.2. The molecule has 13 heteroatoms. The molecule has 0 aliphatic carbocycles. The molecule has 2 amide bonds. The number of hydrogen-bond acceptors (Lipinski definition) is 10. The van der Waals surface area contributed by atoms with Gasteiger partial charge in [0.05, 0.1) is 18.1 Å². The predicted octanol–water partition coefficient (Wildman–Crippen LogP) is -3.85. The summed E-state index contributed by atoms with van der Waals surface area (Å²) in [5.74, 6) is -4.49. The second-order valence-corrected chi connectivity index (χ2v) is 8.59. The van der Waals surface area contributed by atoms with Crippen LogP contribution in [0.2, 0.25) is 0 Å². The van der Waals surface area contributed by atoms with Crippen molar-refractivity contribution in [3.8, 4) is 0 Å². The number of nitrogens with zero attached hydrogens (tertiary/aromatic N) is 1. The summed E-state index contributed by atoms with van der Waals surface area (Å²) < 4.78 is 10.1. The molecule has 1 saturated heterocycles. The van der Waals surface area contributed by atoms with Crippen LogP contribution in [-0.2, 0) is 39.9 Å². The van der Waals surface area contributed by atoms with Gasteiger partial charge in [0.1, 0.15) is 6.61 Å². The number of β-lactam (4-membered cyclic amide) rings is 1. The topological polar surface area (TPSA) is 142 Å². The first-order valence-corrected chi connectivity index (χ1v) is 10.6. The van der Waals surface area contributed by atoms with Crippen LogP contribution in [0.25, 0.3) is 0 Å². The molecule has 1 fully saturated rings. The quantitative estimate of drug-likeness (QED) is 0.181. The van der Waals surface area contributed by atoms with E-state index in [1.165, 1.54) is 18.3 Å². The van der Waals surface area contributed by atoms with Gasteiger partial charge in [-0.25, -0.2) is 0 Å². The van der Waals surface area contributed by atoms with Crippen molar-refractivity contribution in [1.29, 1.82) is 0 Å². The summed E-state index contributed by atoms with van der Waals surface area (Å²) >= 11 is 2.42. The molecule has 1 N–H and O–H groups in total. The van der Waals surface area contributed by atoms with E-state index in [2.05, 4.69) is 5.32 Å². The van der Waals surface area contributed by atoms with E-state index in [-0.39, 0.29) is 53.9 Å². The number of thioether (sulfide) groups is 1. The first kappa shape index (κ1) is 25.4. The number of thiophene rings is 1. The molecule has 2 aliphatic rings. The summed E-state index contributed by atoms with van der Waals surface area (Å²) in [5, 5.41) is 15.0. The largest absolute Gasteiger partial charge is 1.00 e. The zero-order valence-electron chi connectivity index (χ0n) is 17.0. The number of carboxylic acid groups (broad SMARTS) is 1. The molecule has 0 aromatic carbocycles. The Hall–Kier alpha value is -1.86. The summed E-state index contributed by atoms with van der Waals surface area (Å²) in [6.07, 6.45) is -0.0355. The number of carboxylic acids is 1. The molecular weight excluding hydrogens is 459 g/mol. The Morgan fingerprint density at radius 2 is 2.00 bits per heavy atom. The molecule has 0 spiro atoms. The molecule has 2 aliphatic heterocycles. The van der Waals surface area contributed by atoms with Crippen LogP contribution in [0.4, 0.5) is 0 Å². The Labute approximate surface area is 207 Å². The predicted molar refractivity (Wildman–Crippen MR) is 102 cm³/mol. The maximum absolute atomic E-state index is 13.0. The van der Waals surface area contributed by atoms with E-state index < -0.39 is 46.5 Å². The zero-order chi connectivity index (χ0) is 22.1. The Bertz CT molecular complexity index is 948. The van der Waals surface area contributed by atoms with Crippen molar-refractivity contribution in [2.45, 2.75) is 31.4 Å². The molecule has 0 unspecified atom stereocenters. The molecule has 10 nitrogen and oxygen atoms in total. The Morgan fingerprint density at radius 3 is 2.55 bits per heavy atom. The van der Waals surface area contributed by atoms with Crippen LogP contribution in [0, 0.1) is 0 Å². The number of amides is 2. The fourth-order valence-corrected chi connectivity index (χ4v) is 5.24. The molecule has 2 atom stereocenters. The number of esters is 2. The molecule has 1 aromatic heterocycles. The van der Waals surface area contributed by atoms with E-state index in [1.807, 2.05) is 0 Å². The van der Waals surface area contributed by atoms with Gasteiger partial charge in [0.25, 0.3) is 11.6 Å². The van der Waals surface area contributed by atoms with Gasteiger partial charge >= 0.3 is 41.5 Å². The third-order valence-corrected chi connectivity index (χ3v) is 6.55. The minimum Gasteiger partial charge on any atom is -0.543 e. The van der Waals surface area contributed by atoms with Crippen molar-refractivity contribution >= 4 is 52.8 Å². The van der Waals surface area contributed by atoms with Gasteiger partial charge < -0.3 is 24.7 Å². The van der Waals surface area contributed by atoms with E-state index in [0.717, 1.165) is 28.5 Å². The van der Waals surface area contributed by atoms with Gasteiger partial charge in [0.2, 0.25) is 5.91 Å². The Balaban J connectivity index is 0.00000341.